The largest absolute Gasteiger partial charge is 0.348 e. The number of rotatable bonds is 5. The maximum absolute atomic E-state index is 11.9. The van der Waals surface area contributed by atoms with Crippen molar-refractivity contribution in [3.63, 3.8) is 0 Å². The molecular formula is C17H21N5O2. The van der Waals surface area contributed by atoms with E-state index in [0.29, 0.717) is 18.0 Å². The normalized spacial score (nSPS) is 14.2. The van der Waals surface area contributed by atoms with Gasteiger partial charge in [-0.2, -0.15) is 0 Å². The van der Waals surface area contributed by atoms with Crippen LogP contribution in [0.5, 0.6) is 0 Å². The van der Waals surface area contributed by atoms with E-state index < -0.39 is 11.8 Å². The standard InChI is InChI=1S/C17H21N5O2/c23-16(18-10-9-13-6-2-1-3-7-13)17(24)19-12-15-21-20-14-8-4-5-11-22(14)15/h4-6,8,11H,1-3,7,9-10,12H2,(H,18,23)(H,19,24). The van der Waals surface area contributed by atoms with Gasteiger partial charge >= 0.3 is 11.8 Å². The van der Waals surface area contributed by atoms with Crippen molar-refractivity contribution in [3.8, 4) is 0 Å². The molecule has 0 fully saturated rings. The van der Waals surface area contributed by atoms with E-state index in [0.717, 1.165) is 19.3 Å². The van der Waals surface area contributed by atoms with Gasteiger partial charge in [-0.05, 0) is 44.2 Å². The van der Waals surface area contributed by atoms with Crippen molar-refractivity contribution < 1.29 is 9.59 Å². The van der Waals surface area contributed by atoms with Crippen molar-refractivity contribution in [2.75, 3.05) is 6.54 Å². The smallest absolute Gasteiger partial charge is 0.309 e. The molecule has 0 spiro atoms. The number of carbonyl (C=O) groups is 2. The van der Waals surface area contributed by atoms with Crippen LogP contribution >= 0.6 is 0 Å². The fraction of sp³-hybridized carbons (Fsp3) is 0.412. The minimum absolute atomic E-state index is 0.155. The first kappa shape index (κ1) is 16.2. The Bertz CT molecular complexity index is 765. The summed E-state index contributed by atoms with van der Waals surface area (Å²) < 4.78 is 1.77. The summed E-state index contributed by atoms with van der Waals surface area (Å²) in [6.07, 6.45) is 9.55. The van der Waals surface area contributed by atoms with Crippen LogP contribution in [0.2, 0.25) is 0 Å². The highest BCUT2D eigenvalue weighted by Crippen LogP contribution is 2.19. The molecule has 0 aromatic carbocycles. The lowest BCUT2D eigenvalue weighted by molar-refractivity contribution is -0.139. The summed E-state index contributed by atoms with van der Waals surface area (Å²) in [6.45, 7) is 0.647. The fourth-order valence-corrected chi connectivity index (χ4v) is 2.80. The number of allylic oxidation sites excluding steroid dienone is 1. The fourth-order valence-electron chi connectivity index (χ4n) is 2.80. The molecule has 3 rings (SSSR count). The van der Waals surface area contributed by atoms with E-state index in [4.69, 9.17) is 0 Å². The molecule has 1 aliphatic rings. The molecule has 2 amide bonds. The number of nitrogens with zero attached hydrogens (tertiary/aromatic N) is 3. The topological polar surface area (TPSA) is 88.4 Å². The minimum atomic E-state index is -0.652. The van der Waals surface area contributed by atoms with Crippen molar-refractivity contribution in [2.45, 2.75) is 38.6 Å². The zero-order valence-electron chi connectivity index (χ0n) is 13.5. The summed E-state index contributed by atoms with van der Waals surface area (Å²) in [6, 6.07) is 5.54. The van der Waals surface area contributed by atoms with Gasteiger partial charge in [0.25, 0.3) is 0 Å². The maximum Gasteiger partial charge on any atom is 0.309 e. The number of fused-ring (bicyclic) bond motifs is 1. The molecule has 1 aliphatic carbocycles. The number of nitrogens with one attached hydrogen (secondary N) is 2. The minimum Gasteiger partial charge on any atom is -0.348 e. The Hall–Kier alpha value is -2.70. The number of pyridine rings is 1. The van der Waals surface area contributed by atoms with Crippen molar-refractivity contribution in [3.05, 3.63) is 41.9 Å². The molecular weight excluding hydrogens is 306 g/mol. The van der Waals surface area contributed by atoms with Crippen LogP contribution in [0.4, 0.5) is 0 Å². The van der Waals surface area contributed by atoms with Gasteiger partial charge in [0.2, 0.25) is 0 Å². The third-order valence-corrected chi connectivity index (χ3v) is 4.11. The van der Waals surface area contributed by atoms with Crippen molar-refractivity contribution in [2.24, 2.45) is 0 Å². The number of carbonyl (C=O) groups excluding carboxylic acids is 2. The second-order valence-electron chi connectivity index (χ2n) is 5.84. The molecule has 0 aliphatic heterocycles. The molecule has 7 nitrogen and oxygen atoms in total. The lowest BCUT2D eigenvalue weighted by atomic mass is 9.97. The van der Waals surface area contributed by atoms with Gasteiger partial charge in [-0.15, -0.1) is 10.2 Å². The highest BCUT2D eigenvalue weighted by molar-refractivity contribution is 6.35. The molecule has 0 saturated carbocycles. The second-order valence-corrected chi connectivity index (χ2v) is 5.84. The first-order valence-corrected chi connectivity index (χ1v) is 8.26. The molecule has 7 heteroatoms. The van der Waals surface area contributed by atoms with Gasteiger partial charge in [0, 0.05) is 12.7 Å². The Morgan fingerprint density at radius 1 is 1.12 bits per heavy atom. The first-order chi connectivity index (χ1) is 11.7. The zero-order chi connectivity index (χ0) is 16.8. The molecule has 2 aromatic rings. The monoisotopic (exact) mass is 327 g/mol. The van der Waals surface area contributed by atoms with Crippen LogP contribution in [0.1, 0.15) is 37.9 Å². The van der Waals surface area contributed by atoms with E-state index in [-0.39, 0.29) is 6.54 Å². The molecule has 0 atom stereocenters. The van der Waals surface area contributed by atoms with Crippen LogP contribution in [0.25, 0.3) is 5.65 Å². The highest BCUT2D eigenvalue weighted by atomic mass is 16.2. The van der Waals surface area contributed by atoms with Gasteiger partial charge in [0.1, 0.15) is 0 Å². The second kappa shape index (κ2) is 7.72. The van der Waals surface area contributed by atoms with Crippen LogP contribution in [-0.4, -0.2) is 33.0 Å². The van der Waals surface area contributed by atoms with Crippen LogP contribution in [0, 0.1) is 0 Å². The van der Waals surface area contributed by atoms with Gasteiger partial charge < -0.3 is 10.6 Å². The third-order valence-electron chi connectivity index (χ3n) is 4.11. The van der Waals surface area contributed by atoms with E-state index in [9.17, 15) is 9.59 Å². The molecule has 2 aromatic heterocycles. The van der Waals surface area contributed by atoms with Crippen LogP contribution in [-0.2, 0) is 16.1 Å². The van der Waals surface area contributed by atoms with E-state index in [1.165, 1.54) is 18.4 Å². The summed E-state index contributed by atoms with van der Waals surface area (Å²) in [5.74, 6) is -0.681. The van der Waals surface area contributed by atoms with Gasteiger partial charge in [-0.25, -0.2) is 0 Å². The average Bonchev–Trinajstić information content (AvgIpc) is 3.03. The molecule has 2 N–H and O–H groups in total. The van der Waals surface area contributed by atoms with E-state index in [1.807, 2.05) is 24.4 Å². The van der Waals surface area contributed by atoms with Gasteiger partial charge in [-0.1, -0.05) is 17.7 Å². The maximum atomic E-state index is 11.9. The molecule has 0 radical (unpaired) electrons. The van der Waals surface area contributed by atoms with Crippen molar-refractivity contribution in [1.29, 1.82) is 0 Å². The number of hydrogen-bond acceptors (Lipinski definition) is 4. The predicted molar refractivity (Wildman–Crippen MR) is 89.0 cm³/mol. The number of hydrogen-bond donors (Lipinski definition) is 2. The van der Waals surface area contributed by atoms with Crippen LogP contribution in [0.3, 0.4) is 0 Å². The number of aromatic nitrogens is 3. The van der Waals surface area contributed by atoms with E-state index in [1.54, 1.807) is 4.40 Å². The summed E-state index contributed by atoms with van der Waals surface area (Å²) in [7, 11) is 0. The van der Waals surface area contributed by atoms with E-state index in [2.05, 4.69) is 26.9 Å². The average molecular weight is 327 g/mol. The molecule has 126 valence electrons. The predicted octanol–water partition coefficient (Wildman–Crippen LogP) is 1.35. The van der Waals surface area contributed by atoms with Crippen molar-refractivity contribution in [1.82, 2.24) is 25.2 Å². The summed E-state index contributed by atoms with van der Waals surface area (Å²) in [4.78, 5) is 23.7. The molecule has 0 unspecified atom stereocenters. The third kappa shape index (κ3) is 3.98. The van der Waals surface area contributed by atoms with Crippen molar-refractivity contribution >= 4 is 17.5 Å². The first-order valence-electron chi connectivity index (χ1n) is 8.26. The molecule has 0 bridgehead atoms. The Balaban J connectivity index is 1.44. The Morgan fingerprint density at radius 3 is 2.83 bits per heavy atom. The lowest BCUT2D eigenvalue weighted by Crippen LogP contribution is -2.40. The Labute approximate surface area is 140 Å². The Morgan fingerprint density at radius 2 is 2.00 bits per heavy atom. The summed E-state index contributed by atoms with van der Waals surface area (Å²) in [5, 5.41) is 13.2. The van der Waals surface area contributed by atoms with Gasteiger partial charge in [-0.3, -0.25) is 14.0 Å². The SMILES string of the molecule is O=C(NCCC1=CCCCC1)C(=O)NCc1nnc2ccccn12. The quantitative estimate of drug-likeness (QED) is 0.641. The molecule has 2 heterocycles. The van der Waals surface area contributed by atoms with Gasteiger partial charge in [0.15, 0.2) is 11.5 Å². The molecule has 24 heavy (non-hydrogen) atoms. The van der Waals surface area contributed by atoms with Gasteiger partial charge in [0.05, 0.1) is 6.54 Å². The lowest BCUT2D eigenvalue weighted by Gasteiger charge is -2.12. The van der Waals surface area contributed by atoms with Crippen LogP contribution < -0.4 is 10.6 Å². The Kier molecular flexibility index (Phi) is 5.20. The number of amides is 2. The zero-order valence-corrected chi connectivity index (χ0v) is 13.5. The van der Waals surface area contributed by atoms with Crippen LogP contribution in [0.15, 0.2) is 36.0 Å². The highest BCUT2D eigenvalue weighted by Gasteiger charge is 2.14. The van der Waals surface area contributed by atoms with E-state index >= 15 is 0 Å². The molecule has 0 saturated heterocycles. The summed E-state index contributed by atoms with van der Waals surface area (Å²) in [5.41, 5.74) is 2.07. The summed E-state index contributed by atoms with van der Waals surface area (Å²) >= 11 is 0.